The van der Waals surface area contributed by atoms with Gasteiger partial charge in [-0.05, 0) is 6.42 Å². The molecule has 0 aliphatic carbocycles. The number of anilines is 1. The van der Waals surface area contributed by atoms with Gasteiger partial charge in [-0.2, -0.15) is 0 Å². The second-order valence-corrected chi connectivity index (χ2v) is 3.53. The van der Waals surface area contributed by atoms with Crippen molar-refractivity contribution < 1.29 is 9.53 Å². The number of aryl methyl sites for hydroxylation is 1. The minimum Gasteiger partial charge on any atom is -0.468 e. The lowest BCUT2D eigenvalue weighted by atomic mass is 10.4. The molecule has 0 aliphatic rings. The van der Waals surface area contributed by atoms with Crippen LogP contribution in [0, 0.1) is 0 Å². The summed E-state index contributed by atoms with van der Waals surface area (Å²) in [5, 5.41) is 0. The fraction of sp³-hybridized carbons (Fsp3) is 0.500. The lowest BCUT2D eigenvalue weighted by Gasteiger charge is -2.09. The van der Waals surface area contributed by atoms with E-state index in [2.05, 4.69) is 4.74 Å². The van der Waals surface area contributed by atoms with Gasteiger partial charge in [0.1, 0.15) is 12.2 Å². The minimum atomic E-state index is -0.673. The zero-order chi connectivity index (χ0) is 13.0. The number of aromatic nitrogens is 2. The van der Waals surface area contributed by atoms with Gasteiger partial charge in [-0.25, -0.2) is 9.36 Å². The van der Waals surface area contributed by atoms with Crippen LogP contribution in [0.15, 0.2) is 15.8 Å². The number of rotatable bonds is 4. The molecule has 0 amide bonds. The normalized spacial score (nSPS) is 10.2. The molecule has 0 saturated heterocycles. The molecule has 0 fully saturated rings. The lowest BCUT2D eigenvalue weighted by Crippen LogP contribution is -2.42. The van der Waals surface area contributed by atoms with Crippen molar-refractivity contribution in [2.45, 2.75) is 26.4 Å². The van der Waals surface area contributed by atoms with Crippen molar-refractivity contribution in [3.63, 3.8) is 0 Å². The molecule has 0 aliphatic heterocycles. The SMILES string of the molecule is CCCn1cc(N)c(=O)n(CC(=O)OC)c1=O. The van der Waals surface area contributed by atoms with E-state index in [1.165, 1.54) is 17.9 Å². The van der Waals surface area contributed by atoms with E-state index in [1.54, 1.807) is 0 Å². The van der Waals surface area contributed by atoms with Crippen LogP contribution >= 0.6 is 0 Å². The average Bonchev–Trinajstić information content (AvgIpc) is 2.31. The lowest BCUT2D eigenvalue weighted by molar-refractivity contribution is -0.141. The Kier molecular flexibility index (Phi) is 4.08. The Bertz CT molecular complexity index is 529. The van der Waals surface area contributed by atoms with Crippen LogP contribution in [0.4, 0.5) is 5.69 Å². The molecule has 2 N–H and O–H groups in total. The molecule has 1 aromatic rings. The highest BCUT2D eigenvalue weighted by Gasteiger charge is 2.12. The second kappa shape index (κ2) is 5.33. The van der Waals surface area contributed by atoms with E-state index in [0.717, 1.165) is 11.0 Å². The first-order valence-electron chi connectivity index (χ1n) is 5.17. The fourth-order valence-corrected chi connectivity index (χ4v) is 1.41. The third-order valence-corrected chi connectivity index (χ3v) is 2.24. The zero-order valence-corrected chi connectivity index (χ0v) is 9.80. The van der Waals surface area contributed by atoms with Crippen molar-refractivity contribution in [1.82, 2.24) is 9.13 Å². The van der Waals surface area contributed by atoms with Gasteiger partial charge in [0.15, 0.2) is 0 Å². The van der Waals surface area contributed by atoms with Crippen molar-refractivity contribution in [3.8, 4) is 0 Å². The number of ether oxygens (including phenoxy) is 1. The molecule has 0 saturated carbocycles. The summed E-state index contributed by atoms with van der Waals surface area (Å²) < 4.78 is 6.50. The van der Waals surface area contributed by atoms with Crippen molar-refractivity contribution >= 4 is 11.7 Å². The number of nitrogens with zero attached hydrogens (tertiary/aromatic N) is 2. The molecule has 1 rings (SSSR count). The molecule has 94 valence electrons. The smallest absolute Gasteiger partial charge is 0.331 e. The highest BCUT2D eigenvalue weighted by molar-refractivity contribution is 5.69. The summed E-state index contributed by atoms with van der Waals surface area (Å²) in [5.74, 6) is -0.669. The summed E-state index contributed by atoms with van der Waals surface area (Å²) in [6, 6.07) is 0. The predicted molar refractivity (Wildman–Crippen MR) is 61.7 cm³/mol. The van der Waals surface area contributed by atoms with E-state index in [4.69, 9.17) is 5.73 Å². The molecule has 17 heavy (non-hydrogen) atoms. The number of carbonyl (C=O) groups excluding carboxylic acids is 1. The summed E-state index contributed by atoms with van der Waals surface area (Å²) in [6.07, 6.45) is 2.01. The molecular weight excluding hydrogens is 226 g/mol. The van der Waals surface area contributed by atoms with Crippen LogP contribution < -0.4 is 17.0 Å². The Hall–Kier alpha value is -2.05. The minimum absolute atomic E-state index is 0.0676. The second-order valence-electron chi connectivity index (χ2n) is 3.53. The zero-order valence-electron chi connectivity index (χ0n) is 9.80. The van der Waals surface area contributed by atoms with Gasteiger partial charge in [0.05, 0.1) is 7.11 Å². The van der Waals surface area contributed by atoms with Crippen molar-refractivity contribution in [2.24, 2.45) is 0 Å². The van der Waals surface area contributed by atoms with E-state index >= 15 is 0 Å². The largest absolute Gasteiger partial charge is 0.468 e. The van der Waals surface area contributed by atoms with E-state index in [-0.39, 0.29) is 5.69 Å². The maximum absolute atomic E-state index is 11.8. The maximum atomic E-state index is 11.8. The van der Waals surface area contributed by atoms with Crippen LogP contribution in [0.25, 0.3) is 0 Å². The summed E-state index contributed by atoms with van der Waals surface area (Å²) in [7, 11) is 1.18. The van der Waals surface area contributed by atoms with Crippen molar-refractivity contribution in [2.75, 3.05) is 12.8 Å². The highest BCUT2D eigenvalue weighted by Crippen LogP contribution is 1.92. The standard InChI is InChI=1S/C10H15N3O4/c1-3-4-12-5-7(11)9(15)13(10(12)16)6-8(14)17-2/h5H,3-4,6,11H2,1-2H3. The Morgan fingerprint density at radius 2 is 2.12 bits per heavy atom. The first kappa shape index (κ1) is 13.0. The van der Waals surface area contributed by atoms with Gasteiger partial charge < -0.3 is 10.5 Å². The number of carbonyl (C=O) groups is 1. The van der Waals surface area contributed by atoms with Crippen LogP contribution in [0.1, 0.15) is 13.3 Å². The van der Waals surface area contributed by atoms with Gasteiger partial charge in [0.25, 0.3) is 5.56 Å². The van der Waals surface area contributed by atoms with Gasteiger partial charge in [0.2, 0.25) is 0 Å². The third-order valence-electron chi connectivity index (χ3n) is 2.24. The van der Waals surface area contributed by atoms with Crippen LogP contribution in [0.3, 0.4) is 0 Å². The van der Waals surface area contributed by atoms with Gasteiger partial charge >= 0.3 is 11.7 Å². The molecule has 0 unspecified atom stereocenters. The Labute approximate surface area is 97.4 Å². The van der Waals surface area contributed by atoms with E-state index in [1.807, 2.05) is 6.92 Å². The quantitative estimate of drug-likeness (QED) is 0.694. The number of hydrogen-bond donors (Lipinski definition) is 1. The Morgan fingerprint density at radius 3 is 2.65 bits per heavy atom. The van der Waals surface area contributed by atoms with Gasteiger partial charge in [-0.3, -0.25) is 14.2 Å². The molecule has 7 nitrogen and oxygen atoms in total. The Balaban J connectivity index is 3.32. The van der Waals surface area contributed by atoms with Gasteiger partial charge in [0, 0.05) is 12.7 Å². The predicted octanol–water partition coefficient (Wildman–Crippen LogP) is -0.825. The first-order chi connectivity index (χ1) is 8.01. The van der Waals surface area contributed by atoms with E-state index < -0.39 is 23.8 Å². The number of hydrogen-bond acceptors (Lipinski definition) is 5. The number of nitrogens with two attached hydrogens (primary N) is 1. The van der Waals surface area contributed by atoms with Crippen LogP contribution in [0.2, 0.25) is 0 Å². The molecular formula is C10H15N3O4. The number of methoxy groups -OCH3 is 1. The summed E-state index contributed by atoms with van der Waals surface area (Å²) in [4.78, 5) is 34.6. The average molecular weight is 241 g/mol. The molecule has 0 bridgehead atoms. The van der Waals surface area contributed by atoms with Crippen molar-refractivity contribution in [1.29, 1.82) is 0 Å². The molecule has 0 spiro atoms. The van der Waals surface area contributed by atoms with E-state index in [9.17, 15) is 14.4 Å². The van der Waals surface area contributed by atoms with Crippen LogP contribution in [0.5, 0.6) is 0 Å². The maximum Gasteiger partial charge on any atom is 0.331 e. The molecule has 0 atom stereocenters. The molecule has 1 heterocycles. The Morgan fingerprint density at radius 1 is 1.47 bits per heavy atom. The molecule has 0 radical (unpaired) electrons. The van der Waals surface area contributed by atoms with Gasteiger partial charge in [-0.15, -0.1) is 0 Å². The highest BCUT2D eigenvalue weighted by atomic mass is 16.5. The van der Waals surface area contributed by atoms with Crippen LogP contribution in [-0.2, 0) is 22.6 Å². The third kappa shape index (κ3) is 2.74. The molecule has 7 heteroatoms. The first-order valence-corrected chi connectivity index (χ1v) is 5.17. The monoisotopic (exact) mass is 241 g/mol. The number of nitrogen functional groups attached to an aromatic ring is 1. The summed E-state index contributed by atoms with van der Waals surface area (Å²) >= 11 is 0. The molecule has 1 aromatic heterocycles. The topological polar surface area (TPSA) is 96.3 Å². The number of esters is 1. The van der Waals surface area contributed by atoms with Crippen LogP contribution in [-0.4, -0.2) is 22.2 Å². The van der Waals surface area contributed by atoms with Gasteiger partial charge in [-0.1, -0.05) is 6.92 Å². The summed E-state index contributed by atoms with van der Waals surface area (Å²) in [5.41, 5.74) is 4.19. The summed E-state index contributed by atoms with van der Waals surface area (Å²) in [6.45, 7) is 1.89. The van der Waals surface area contributed by atoms with Crippen molar-refractivity contribution in [3.05, 3.63) is 27.0 Å². The van der Waals surface area contributed by atoms with E-state index in [0.29, 0.717) is 6.54 Å². The molecule has 0 aromatic carbocycles. The fourth-order valence-electron chi connectivity index (χ4n) is 1.41.